The Hall–Kier alpha value is -0.160. The Labute approximate surface area is 112 Å². The lowest BCUT2D eigenvalue weighted by Crippen LogP contribution is -2.60. The van der Waals surface area contributed by atoms with Crippen molar-refractivity contribution in [3.8, 4) is 0 Å². The van der Waals surface area contributed by atoms with E-state index >= 15 is 0 Å². The molecule has 1 aliphatic rings. The van der Waals surface area contributed by atoms with Gasteiger partial charge in [0.05, 0.1) is 6.10 Å². The van der Waals surface area contributed by atoms with Gasteiger partial charge in [-0.1, -0.05) is 13.8 Å². The molecule has 0 radical (unpaired) electrons. The molecule has 3 N–H and O–H groups in total. The van der Waals surface area contributed by atoms with Crippen LogP contribution < -0.4 is 11.3 Å². The molecule has 18 heavy (non-hydrogen) atoms. The van der Waals surface area contributed by atoms with Crippen LogP contribution in [0.1, 0.15) is 52.4 Å². The molecule has 0 bridgehead atoms. The van der Waals surface area contributed by atoms with Crippen LogP contribution in [-0.4, -0.2) is 43.3 Å². The summed E-state index contributed by atoms with van der Waals surface area (Å²) >= 11 is 0. The van der Waals surface area contributed by atoms with Crippen molar-refractivity contribution in [3.05, 3.63) is 0 Å². The van der Waals surface area contributed by atoms with E-state index in [1.807, 2.05) is 0 Å². The largest absolute Gasteiger partial charge is 0.378 e. The molecule has 108 valence electrons. The summed E-state index contributed by atoms with van der Waals surface area (Å²) in [4.78, 5) is 2.33. The van der Waals surface area contributed by atoms with Crippen LogP contribution in [-0.2, 0) is 4.74 Å². The maximum Gasteiger partial charge on any atom is 0.0576 e. The molecule has 2 atom stereocenters. The number of nitrogens with two attached hydrogens (primary N) is 1. The monoisotopic (exact) mass is 257 g/mol. The smallest absolute Gasteiger partial charge is 0.0576 e. The van der Waals surface area contributed by atoms with E-state index in [1.165, 1.54) is 12.8 Å². The van der Waals surface area contributed by atoms with Gasteiger partial charge in [0.15, 0.2) is 0 Å². The minimum absolute atomic E-state index is 0.146. The minimum atomic E-state index is 0.146. The number of hydrogen-bond donors (Lipinski definition) is 2. The van der Waals surface area contributed by atoms with Gasteiger partial charge in [0.2, 0.25) is 0 Å². The van der Waals surface area contributed by atoms with E-state index in [1.54, 1.807) is 0 Å². The minimum Gasteiger partial charge on any atom is -0.378 e. The molecule has 0 saturated carbocycles. The number of rotatable bonds is 8. The van der Waals surface area contributed by atoms with Gasteiger partial charge in [-0.15, -0.1) is 0 Å². The van der Waals surface area contributed by atoms with Crippen LogP contribution in [0, 0.1) is 0 Å². The highest BCUT2D eigenvalue weighted by Gasteiger charge is 2.37. The third-order valence-electron chi connectivity index (χ3n) is 4.77. The SMILES string of the molecule is CCC(CC)(C(CCC1CCCO1)NN)N(C)C. The zero-order valence-corrected chi connectivity index (χ0v) is 12.5. The third-order valence-corrected chi connectivity index (χ3v) is 4.77. The zero-order valence-electron chi connectivity index (χ0n) is 12.5. The molecule has 1 fully saturated rings. The number of hydrazine groups is 1. The molecule has 0 spiro atoms. The number of likely N-dealkylation sites (N-methyl/N-ethyl adjacent to an activating group) is 1. The topological polar surface area (TPSA) is 50.5 Å². The van der Waals surface area contributed by atoms with E-state index in [0.29, 0.717) is 12.1 Å². The zero-order chi connectivity index (χ0) is 13.6. The van der Waals surface area contributed by atoms with Gasteiger partial charge in [0.1, 0.15) is 0 Å². The summed E-state index contributed by atoms with van der Waals surface area (Å²) in [6, 6.07) is 0.326. The van der Waals surface area contributed by atoms with Crippen LogP contribution in [0.4, 0.5) is 0 Å². The lowest BCUT2D eigenvalue weighted by molar-refractivity contribution is 0.0622. The number of ether oxygens (including phenoxy) is 1. The highest BCUT2D eigenvalue weighted by atomic mass is 16.5. The van der Waals surface area contributed by atoms with Crippen LogP contribution in [0.15, 0.2) is 0 Å². The van der Waals surface area contributed by atoms with Crippen molar-refractivity contribution in [3.63, 3.8) is 0 Å². The van der Waals surface area contributed by atoms with E-state index < -0.39 is 0 Å². The first-order valence-electron chi connectivity index (χ1n) is 7.35. The molecular weight excluding hydrogens is 226 g/mol. The summed E-state index contributed by atoms with van der Waals surface area (Å²) in [5.74, 6) is 5.82. The van der Waals surface area contributed by atoms with Crippen LogP contribution in [0.2, 0.25) is 0 Å². The summed E-state index contributed by atoms with van der Waals surface area (Å²) in [7, 11) is 4.31. The van der Waals surface area contributed by atoms with Gasteiger partial charge in [-0.05, 0) is 52.6 Å². The van der Waals surface area contributed by atoms with Crippen LogP contribution in [0.3, 0.4) is 0 Å². The molecule has 1 aliphatic heterocycles. The van der Waals surface area contributed by atoms with E-state index in [0.717, 1.165) is 32.3 Å². The first-order valence-corrected chi connectivity index (χ1v) is 7.35. The number of nitrogens with one attached hydrogen (secondary N) is 1. The summed E-state index contributed by atoms with van der Waals surface area (Å²) in [6.45, 7) is 5.44. The Kier molecular flexibility index (Phi) is 6.57. The van der Waals surface area contributed by atoms with Crippen molar-refractivity contribution in [1.29, 1.82) is 0 Å². The van der Waals surface area contributed by atoms with Gasteiger partial charge in [0, 0.05) is 18.2 Å². The summed E-state index contributed by atoms with van der Waals surface area (Å²) in [5, 5.41) is 0. The average molecular weight is 257 g/mol. The lowest BCUT2D eigenvalue weighted by atomic mass is 9.81. The lowest BCUT2D eigenvalue weighted by Gasteiger charge is -2.45. The van der Waals surface area contributed by atoms with E-state index in [2.05, 4.69) is 38.3 Å². The normalized spacial score (nSPS) is 22.7. The molecule has 0 aromatic carbocycles. The quantitative estimate of drug-likeness (QED) is 0.515. The second-order valence-corrected chi connectivity index (χ2v) is 5.64. The van der Waals surface area contributed by atoms with E-state index in [-0.39, 0.29) is 5.54 Å². The van der Waals surface area contributed by atoms with Crippen molar-refractivity contribution in [2.24, 2.45) is 5.84 Å². The summed E-state index contributed by atoms with van der Waals surface area (Å²) in [6.07, 6.45) is 7.30. The molecule has 1 heterocycles. The second kappa shape index (κ2) is 7.43. The highest BCUT2D eigenvalue weighted by Crippen LogP contribution is 2.29. The Morgan fingerprint density at radius 1 is 1.39 bits per heavy atom. The van der Waals surface area contributed by atoms with Crippen molar-refractivity contribution in [2.75, 3.05) is 20.7 Å². The Balaban J connectivity index is 2.60. The Morgan fingerprint density at radius 3 is 2.44 bits per heavy atom. The van der Waals surface area contributed by atoms with E-state index in [4.69, 9.17) is 10.6 Å². The van der Waals surface area contributed by atoms with Gasteiger partial charge in [-0.3, -0.25) is 11.3 Å². The molecule has 4 nitrogen and oxygen atoms in total. The van der Waals surface area contributed by atoms with Crippen LogP contribution in [0.25, 0.3) is 0 Å². The third kappa shape index (κ3) is 3.44. The van der Waals surface area contributed by atoms with Crippen molar-refractivity contribution >= 4 is 0 Å². The van der Waals surface area contributed by atoms with Gasteiger partial charge < -0.3 is 9.64 Å². The molecule has 1 saturated heterocycles. The second-order valence-electron chi connectivity index (χ2n) is 5.64. The van der Waals surface area contributed by atoms with Crippen LogP contribution in [0.5, 0.6) is 0 Å². The molecule has 0 aromatic rings. The maximum atomic E-state index is 5.82. The molecule has 0 aromatic heterocycles. The first-order chi connectivity index (χ1) is 8.60. The van der Waals surface area contributed by atoms with E-state index in [9.17, 15) is 0 Å². The Bertz CT molecular complexity index is 223. The molecule has 4 heteroatoms. The highest BCUT2D eigenvalue weighted by molar-refractivity contribution is 4.96. The van der Waals surface area contributed by atoms with Gasteiger partial charge in [0.25, 0.3) is 0 Å². The molecule has 0 amide bonds. The molecule has 0 aliphatic carbocycles. The number of nitrogens with zero attached hydrogens (tertiary/aromatic N) is 1. The molecular formula is C14H31N3O. The fraction of sp³-hybridized carbons (Fsp3) is 1.00. The van der Waals surface area contributed by atoms with Crippen LogP contribution >= 0.6 is 0 Å². The number of hydrogen-bond acceptors (Lipinski definition) is 4. The summed E-state index contributed by atoms with van der Waals surface area (Å²) < 4.78 is 5.71. The Morgan fingerprint density at radius 2 is 2.06 bits per heavy atom. The maximum absolute atomic E-state index is 5.82. The standard InChI is InChI=1S/C14H31N3O/c1-5-14(6-2,17(3)4)13(16-15)10-9-12-8-7-11-18-12/h12-13,16H,5-11,15H2,1-4H3. The predicted octanol–water partition coefficient (Wildman–Crippen LogP) is 1.90. The van der Waals surface area contributed by atoms with Crippen molar-refractivity contribution in [2.45, 2.75) is 70.1 Å². The first kappa shape index (κ1) is 15.9. The van der Waals surface area contributed by atoms with Gasteiger partial charge in [-0.2, -0.15) is 0 Å². The average Bonchev–Trinajstić information content (AvgIpc) is 2.87. The molecule has 1 rings (SSSR count). The summed E-state index contributed by atoms with van der Waals surface area (Å²) in [5.41, 5.74) is 3.20. The fourth-order valence-corrected chi connectivity index (χ4v) is 3.42. The molecule has 2 unspecified atom stereocenters. The van der Waals surface area contributed by atoms with Crippen molar-refractivity contribution < 1.29 is 4.74 Å². The fourth-order valence-electron chi connectivity index (χ4n) is 3.42. The predicted molar refractivity (Wildman–Crippen MR) is 76.3 cm³/mol. The van der Waals surface area contributed by atoms with Gasteiger partial charge >= 0.3 is 0 Å². The van der Waals surface area contributed by atoms with Crippen molar-refractivity contribution in [1.82, 2.24) is 10.3 Å². The van der Waals surface area contributed by atoms with Gasteiger partial charge in [-0.25, -0.2) is 0 Å².